The Morgan fingerprint density at radius 2 is 1.81 bits per heavy atom. The summed E-state index contributed by atoms with van der Waals surface area (Å²) in [5.41, 5.74) is 6.96. The quantitative estimate of drug-likeness (QED) is 0.807. The first-order valence-corrected chi connectivity index (χ1v) is 8.76. The van der Waals surface area contributed by atoms with Crippen LogP contribution in [-0.2, 0) is 14.3 Å². The van der Waals surface area contributed by atoms with Crippen LogP contribution in [0, 0.1) is 5.92 Å². The number of carbonyl (C=O) groups is 2. The number of nitrogens with zero attached hydrogens (tertiary/aromatic N) is 2. The molecule has 3 atom stereocenters. The molecule has 0 saturated carbocycles. The van der Waals surface area contributed by atoms with Crippen LogP contribution in [0.2, 0.25) is 0 Å². The van der Waals surface area contributed by atoms with Crippen LogP contribution in [0.5, 0.6) is 0 Å². The van der Waals surface area contributed by atoms with E-state index in [1.807, 2.05) is 30.3 Å². The van der Waals surface area contributed by atoms with Gasteiger partial charge in [-0.05, 0) is 24.4 Å². The highest BCUT2D eigenvalue weighted by Crippen LogP contribution is 2.32. The van der Waals surface area contributed by atoms with Crippen LogP contribution < -0.4 is 5.73 Å². The Hall–Kier alpha value is -2.06. The smallest absolute Gasteiger partial charge is 0.333 e. The molecule has 2 N–H and O–H groups in total. The number of ether oxygens (including phenoxy) is 1. The van der Waals surface area contributed by atoms with E-state index in [9.17, 15) is 18.4 Å². The summed E-state index contributed by atoms with van der Waals surface area (Å²) in [5.74, 6) is -1.08. The third-order valence-corrected chi connectivity index (χ3v) is 5.17. The Kier molecular flexibility index (Phi) is 5.83. The first-order chi connectivity index (χ1) is 12.5. The lowest BCUT2D eigenvalue weighted by Crippen LogP contribution is -2.44. The molecule has 8 heteroatoms. The maximum Gasteiger partial charge on any atom is 0.345 e. The Bertz CT molecular complexity index is 644. The van der Waals surface area contributed by atoms with Gasteiger partial charge in [-0.1, -0.05) is 30.3 Å². The minimum Gasteiger partial charge on any atom is -0.333 e. The predicted molar refractivity (Wildman–Crippen MR) is 90.4 cm³/mol. The van der Waals surface area contributed by atoms with Gasteiger partial charge in [0.25, 0.3) is 0 Å². The molecule has 2 fully saturated rings. The summed E-state index contributed by atoms with van der Waals surface area (Å²) in [6, 6.07) is 9.79. The molecule has 0 bridgehead atoms. The number of hydrogen-bond acceptors (Lipinski definition) is 4. The lowest BCUT2D eigenvalue weighted by Gasteiger charge is -2.21. The fourth-order valence-electron chi connectivity index (χ4n) is 3.79. The third kappa shape index (κ3) is 4.02. The second-order valence-corrected chi connectivity index (χ2v) is 6.78. The van der Waals surface area contributed by atoms with Crippen molar-refractivity contribution in [3.8, 4) is 0 Å². The molecule has 0 aromatic heterocycles. The third-order valence-electron chi connectivity index (χ3n) is 5.17. The normalized spacial score (nSPS) is 25.9. The SMILES string of the molecule is NC[C@@H]1CN(C(=O)C(=O)N2CC[C@H](OC(F)F)C2)C[C@H]1c1ccccc1. The number of carbonyl (C=O) groups excluding carboxylic acids is 2. The number of halogens is 2. The zero-order chi connectivity index (χ0) is 18.7. The molecule has 2 heterocycles. The van der Waals surface area contributed by atoms with Crippen molar-refractivity contribution in [2.24, 2.45) is 11.7 Å². The molecular weight excluding hydrogens is 344 g/mol. The van der Waals surface area contributed by atoms with Crippen molar-refractivity contribution in [2.75, 3.05) is 32.7 Å². The van der Waals surface area contributed by atoms with E-state index in [2.05, 4.69) is 4.74 Å². The summed E-state index contributed by atoms with van der Waals surface area (Å²) in [6.07, 6.45) is -0.416. The summed E-state index contributed by atoms with van der Waals surface area (Å²) in [5, 5.41) is 0. The van der Waals surface area contributed by atoms with E-state index in [1.165, 1.54) is 9.80 Å². The minimum absolute atomic E-state index is 0.0190. The van der Waals surface area contributed by atoms with E-state index < -0.39 is 24.5 Å². The largest absolute Gasteiger partial charge is 0.345 e. The molecule has 142 valence electrons. The van der Waals surface area contributed by atoms with Gasteiger partial charge in [-0.3, -0.25) is 9.59 Å². The summed E-state index contributed by atoms with van der Waals surface area (Å²) in [7, 11) is 0. The van der Waals surface area contributed by atoms with Crippen molar-refractivity contribution < 1.29 is 23.1 Å². The summed E-state index contributed by atoms with van der Waals surface area (Å²) < 4.78 is 29.0. The van der Waals surface area contributed by atoms with E-state index in [0.717, 1.165) is 5.56 Å². The van der Waals surface area contributed by atoms with Crippen molar-refractivity contribution in [3.05, 3.63) is 35.9 Å². The number of rotatable bonds is 4. The lowest BCUT2D eigenvalue weighted by atomic mass is 9.89. The van der Waals surface area contributed by atoms with E-state index in [0.29, 0.717) is 26.1 Å². The van der Waals surface area contributed by atoms with E-state index in [-0.39, 0.29) is 24.9 Å². The zero-order valence-electron chi connectivity index (χ0n) is 14.4. The fourth-order valence-corrected chi connectivity index (χ4v) is 3.79. The van der Waals surface area contributed by atoms with Gasteiger partial charge in [-0.25, -0.2) is 0 Å². The molecule has 0 unspecified atom stereocenters. The standard InChI is InChI=1S/C18H23F2N3O3/c19-18(20)26-14-6-7-22(10-14)16(24)17(25)23-9-13(8-21)15(11-23)12-4-2-1-3-5-12/h1-5,13-15,18H,6-11,21H2/t13-,14+,15+/m1/s1. The summed E-state index contributed by atoms with van der Waals surface area (Å²) >= 11 is 0. The van der Waals surface area contributed by atoms with E-state index in [1.54, 1.807) is 0 Å². The predicted octanol–water partition coefficient (Wildman–Crippen LogP) is 1.03. The Labute approximate surface area is 150 Å². The molecule has 0 aliphatic carbocycles. The van der Waals surface area contributed by atoms with Crippen molar-refractivity contribution in [2.45, 2.75) is 25.1 Å². The molecular formula is C18H23F2N3O3. The number of likely N-dealkylation sites (tertiary alicyclic amines) is 2. The highest BCUT2D eigenvalue weighted by molar-refractivity contribution is 6.35. The van der Waals surface area contributed by atoms with Crippen LogP contribution in [0.3, 0.4) is 0 Å². The molecule has 0 radical (unpaired) electrons. The van der Waals surface area contributed by atoms with E-state index >= 15 is 0 Å². The van der Waals surface area contributed by atoms with Crippen LogP contribution >= 0.6 is 0 Å². The van der Waals surface area contributed by atoms with Crippen molar-refractivity contribution in [1.29, 1.82) is 0 Å². The van der Waals surface area contributed by atoms with Gasteiger partial charge in [-0.15, -0.1) is 0 Å². The summed E-state index contributed by atoms with van der Waals surface area (Å²) in [4.78, 5) is 27.9. The molecule has 2 aliphatic heterocycles. The highest BCUT2D eigenvalue weighted by Gasteiger charge is 2.40. The van der Waals surface area contributed by atoms with Crippen LogP contribution in [0.4, 0.5) is 8.78 Å². The van der Waals surface area contributed by atoms with Gasteiger partial charge < -0.3 is 20.3 Å². The number of alkyl halides is 2. The molecule has 2 amide bonds. The van der Waals surface area contributed by atoms with E-state index in [4.69, 9.17) is 5.73 Å². The van der Waals surface area contributed by atoms with Crippen molar-refractivity contribution in [3.63, 3.8) is 0 Å². The number of nitrogens with two attached hydrogens (primary N) is 1. The van der Waals surface area contributed by atoms with Gasteiger partial charge in [0.15, 0.2) is 0 Å². The second-order valence-electron chi connectivity index (χ2n) is 6.78. The fraction of sp³-hybridized carbons (Fsp3) is 0.556. The molecule has 6 nitrogen and oxygen atoms in total. The number of benzene rings is 1. The van der Waals surface area contributed by atoms with Gasteiger partial charge in [0.05, 0.1) is 6.10 Å². The van der Waals surface area contributed by atoms with Crippen LogP contribution in [0.25, 0.3) is 0 Å². The minimum atomic E-state index is -2.87. The molecule has 2 aliphatic rings. The van der Waals surface area contributed by atoms with Gasteiger partial charge in [0, 0.05) is 32.1 Å². The van der Waals surface area contributed by atoms with Crippen LogP contribution in [-0.4, -0.2) is 67.1 Å². The first-order valence-electron chi connectivity index (χ1n) is 8.76. The van der Waals surface area contributed by atoms with Crippen molar-refractivity contribution in [1.82, 2.24) is 9.80 Å². The maximum atomic E-state index is 12.6. The topological polar surface area (TPSA) is 75.9 Å². The molecule has 26 heavy (non-hydrogen) atoms. The summed E-state index contributed by atoms with van der Waals surface area (Å²) in [6.45, 7) is -1.33. The monoisotopic (exact) mass is 367 g/mol. The molecule has 3 rings (SSSR count). The molecule has 1 aromatic carbocycles. The Morgan fingerprint density at radius 1 is 1.12 bits per heavy atom. The van der Waals surface area contributed by atoms with Crippen molar-refractivity contribution >= 4 is 11.8 Å². The Morgan fingerprint density at radius 3 is 2.46 bits per heavy atom. The van der Waals surface area contributed by atoms with Gasteiger partial charge in [-0.2, -0.15) is 8.78 Å². The highest BCUT2D eigenvalue weighted by atomic mass is 19.3. The Balaban J connectivity index is 1.62. The zero-order valence-corrected chi connectivity index (χ0v) is 14.4. The van der Waals surface area contributed by atoms with Gasteiger partial charge >= 0.3 is 18.4 Å². The number of hydrogen-bond donors (Lipinski definition) is 1. The lowest BCUT2D eigenvalue weighted by molar-refractivity contribution is -0.162. The van der Waals surface area contributed by atoms with Gasteiger partial charge in [0.1, 0.15) is 0 Å². The average molecular weight is 367 g/mol. The molecule has 1 aromatic rings. The first kappa shape index (κ1) is 18.7. The molecule has 2 saturated heterocycles. The second kappa shape index (κ2) is 8.09. The number of amides is 2. The average Bonchev–Trinajstić information content (AvgIpc) is 3.27. The van der Waals surface area contributed by atoms with Crippen LogP contribution in [0.15, 0.2) is 30.3 Å². The van der Waals surface area contributed by atoms with Crippen LogP contribution in [0.1, 0.15) is 17.9 Å². The maximum absolute atomic E-state index is 12.6. The van der Waals surface area contributed by atoms with Gasteiger partial charge in [0.2, 0.25) is 0 Å². The molecule has 0 spiro atoms.